The van der Waals surface area contributed by atoms with Gasteiger partial charge in [0.2, 0.25) is 0 Å². The highest BCUT2D eigenvalue weighted by Gasteiger charge is 2.15. The summed E-state index contributed by atoms with van der Waals surface area (Å²) in [6.07, 6.45) is 1.08. The minimum atomic E-state index is -0.591. The molecule has 168 valence electrons. The Balaban J connectivity index is 1.77. The average Bonchev–Trinajstić information content (AvgIpc) is 2.79. The van der Waals surface area contributed by atoms with Crippen molar-refractivity contribution in [3.05, 3.63) is 58.1 Å². The number of nitrogens with two attached hydrogens (primary N) is 1. The van der Waals surface area contributed by atoms with E-state index in [0.717, 1.165) is 17.3 Å². The number of carbonyl (C=O) groups excluding carboxylic acids is 2. The maximum absolute atomic E-state index is 12.8. The third kappa shape index (κ3) is 5.20. The number of aromatic nitrogens is 2. The number of fused-ring (bicyclic) bond motifs is 1. The monoisotopic (exact) mass is 457 g/mol. The lowest BCUT2D eigenvalue weighted by Crippen LogP contribution is -2.23. The second-order valence-electron chi connectivity index (χ2n) is 6.86. The van der Waals surface area contributed by atoms with Crippen LogP contribution in [-0.4, -0.2) is 40.5 Å². The van der Waals surface area contributed by atoms with Crippen molar-refractivity contribution in [3.63, 3.8) is 0 Å². The molecule has 1 heterocycles. The summed E-state index contributed by atoms with van der Waals surface area (Å²) in [6, 6.07) is 10.4. The van der Waals surface area contributed by atoms with Crippen LogP contribution >= 0.6 is 11.8 Å². The minimum Gasteiger partial charge on any atom is -0.493 e. The molecule has 0 aliphatic heterocycles. The van der Waals surface area contributed by atoms with Crippen LogP contribution in [0, 0.1) is 0 Å². The molecule has 2 N–H and O–H groups in total. The number of aldehydes is 1. The molecule has 1 amide bonds. The van der Waals surface area contributed by atoms with Gasteiger partial charge in [0.05, 0.1) is 30.4 Å². The van der Waals surface area contributed by atoms with Crippen LogP contribution in [0.3, 0.4) is 0 Å². The topological polar surface area (TPSA) is 123 Å². The number of thioether (sulfide) groups is 1. The molecular formula is C22H23N3O6S. The van der Waals surface area contributed by atoms with Gasteiger partial charge < -0.3 is 24.7 Å². The molecule has 10 heteroatoms. The molecule has 0 radical (unpaired) electrons. The van der Waals surface area contributed by atoms with Crippen LogP contribution in [0.2, 0.25) is 0 Å². The van der Waals surface area contributed by atoms with Gasteiger partial charge in [0.15, 0.2) is 11.5 Å². The van der Waals surface area contributed by atoms with E-state index >= 15 is 0 Å². The lowest BCUT2D eigenvalue weighted by molar-refractivity contribution is -0.107. The number of methoxy groups -OCH3 is 2. The fourth-order valence-electron chi connectivity index (χ4n) is 3.14. The molecule has 1 atom stereocenters. The number of hydrogen-bond donors (Lipinski definition) is 1. The van der Waals surface area contributed by atoms with Crippen molar-refractivity contribution < 1.29 is 23.8 Å². The van der Waals surface area contributed by atoms with Crippen LogP contribution in [0.4, 0.5) is 4.79 Å². The zero-order chi connectivity index (χ0) is 23.3. The summed E-state index contributed by atoms with van der Waals surface area (Å²) in [4.78, 5) is 39.4. The molecule has 0 aliphatic rings. The largest absolute Gasteiger partial charge is 0.493 e. The van der Waals surface area contributed by atoms with Crippen molar-refractivity contribution in [3.8, 4) is 17.2 Å². The Morgan fingerprint density at radius 3 is 2.44 bits per heavy atom. The molecule has 3 rings (SSSR count). The van der Waals surface area contributed by atoms with Gasteiger partial charge in [-0.3, -0.25) is 14.2 Å². The van der Waals surface area contributed by atoms with E-state index in [1.54, 1.807) is 43.4 Å². The molecule has 0 saturated heterocycles. The quantitative estimate of drug-likeness (QED) is 0.486. The van der Waals surface area contributed by atoms with Gasteiger partial charge in [-0.1, -0.05) is 23.9 Å². The molecule has 1 aromatic heterocycles. The fraction of sp³-hybridized carbons (Fsp3) is 0.273. The Kier molecular flexibility index (Phi) is 7.37. The molecule has 9 nitrogen and oxygen atoms in total. The predicted molar refractivity (Wildman–Crippen MR) is 122 cm³/mol. The normalized spacial score (nSPS) is 11.7. The van der Waals surface area contributed by atoms with Gasteiger partial charge in [-0.25, -0.2) is 4.98 Å². The van der Waals surface area contributed by atoms with Crippen molar-refractivity contribution in [2.24, 2.45) is 12.8 Å². The van der Waals surface area contributed by atoms with Gasteiger partial charge in [-0.05, 0) is 30.2 Å². The van der Waals surface area contributed by atoms with Gasteiger partial charge in [0.1, 0.15) is 24.5 Å². The summed E-state index contributed by atoms with van der Waals surface area (Å²) in [6.45, 7) is 0.0733. The summed E-state index contributed by atoms with van der Waals surface area (Å²) < 4.78 is 17.8. The van der Waals surface area contributed by atoms with E-state index in [-0.39, 0.29) is 12.2 Å². The number of nitrogens with zero attached hydrogens (tertiary/aromatic N) is 2. The lowest BCUT2D eigenvalue weighted by atomic mass is 10.1. The first-order chi connectivity index (χ1) is 15.4. The minimum absolute atomic E-state index is 0.0733. The van der Waals surface area contributed by atoms with Crippen LogP contribution in [-0.2, 0) is 24.9 Å². The molecule has 0 aliphatic carbocycles. The molecule has 0 spiro atoms. The van der Waals surface area contributed by atoms with E-state index in [1.807, 2.05) is 0 Å². The number of ether oxygens (including phenoxy) is 3. The van der Waals surface area contributed by atoms with Crippen LogP contribution in [0.25, 0.3) is 10.9 Å². The Hall–Kier alpha value is -3.53. The predicted octanol–water partition coefficient (Wildman–Crippen LogP) is 2.45. The first-order valence-electron chi connectivity index (χ1n) is 9.61. The third-order valence-corrected chi connectivity index (χ3v) is 5.63. The number of hydrogen-bond acceptors (Lipinski definition) is 8. The third-order valence-electron chi connectivity index (χ3n) is 4.82. The van der Waals surface area contributed by atoms with E-state index in [2.05, 4.69) is 4.98 Å². The Morgan fingerprint density at radius 1 is 1.19 bits per heavy atom. The van der Waals surface area contributed by atoms with Crippen molar-refractivity contribution >= 4 is 34.2 Å². The summed E-state index contributed by atoms with van der Waals surface area (Å²) in [5.41, 5.74) is 6.25. The highest BCUT2D eigenvalue weighted by atomic mass is 32.2. The second kappa shape index (κ2) is 10.2. The maximum atomic E-state index is 12.8. The Bertz CT molecular complexity index is 1190. The number of carbonyl (C=O) groups is 2. The molecule has 2 aromatic carbocycles. The Morgan fingerprint density at radius 2 is 1.84 bits per heavy atom. The summed E-state index contributed by atoms with van der Waals surface area (Å²) in [5, 5.41) is -0.713. The van der Waals surface area contributed by atoms with Crippen LogP contribution in [0.1, 0.15) is 11.4 Å². The number of primary amides is 1. The Labute approximate surface area is 188 Å². The van der Waals surface area contributed by atoms with Crippen LogP contribution in [0.5, 0.6) is 17.2 Å². The van der Waals surface area contributed by atoms with E-state index < -0.39 is 10.5 Å². The molecule has 1 unspecified atom stereocenters. The summed E-state index contributed by atoms with van der Waals surface area (Å²) in [5.74, 6) is 1.94. The van der Waals surface area contributed by atoms with Gasteiger partial charge in [-0.2, -0.15) is 0 Å². The standard InChI is InChI=1S/C22H23N3O6S/c1-25-20(24-17-10-19(30-3)18(29-2)9-16(17)21(25)27)12-31-14-6-4-13(5-7-14)8-15(11-26)32-22(23)28/h4-7,9-11,15H,8,12H2,1-3H3,(H2,23,28). The molecule has 3 aromatic rings. The van der Waals surface area contributed by atoms with Crippen molar-refractivity contribution in [1.29, 1.82) is 0 Å². The van der Waals surface area contributed by atoms with E-state index in [4.69, 9.17) is 19.9 Å². The van der Waals surface area contributed by atoms with Crippen molar-refractivity contribution in [2.75, 3.05) is 14.2 Å². The van der Waals surface area contributed by atoms with Gasteiger partial charge >= 0.3 is 0 Å². The van der Waals surface area contributed by atoms with E-state index in [0.29, 0.717) is 46.7 Å². The molecule has 0 fully saturated rings. The van der Waals surface area contributed by atoms with Gasteiger partial charge in [-0.15, -0.1) is 0 Å². The molecule has 32 heavy (non-hydrogen) atoms. The number of rotatable bonds is 9. The fourth-order valence-corrected chi connectivity index (χ4v) is 3.77. The second-order valence-corrected chi connectivity index (χ2v) is 8.11. The molecule has 0 saturated carbocycles. The van der Waals surface area contributed by atoms with Crippen molar-refractivity contribution in [1.82, 2.24) is 9.55 Å². The average molecular weight is 458 g/mol. The summed E-state index contributed by atoms with van der Waals surface area (Å²) in [7, 11) is 4.65. The first kappa shape index (κ1) is 23.1. The smallest absolute Gasteiger partial charge is 0.277 e. The SMILES string of the molecule is COc1cc2nc(COc3ccc(CC(C=O)SC(N)=O)cc3)n(C)c(=O)c2cc1OC. The van der Waals surface area contributed by atoms with E-state index in [9.17, 15) is 14.4 Å². The molecule has 0 bridgehead atoms. The lowest BCUT2D eigenvalue weighted by Gasteiger charge is -2.13. The van der Waals surface area contributed by atoms with Crippen LogP contribution in [0.15, 0.2) is 41.2 Å². The maximum Gasteiger partial charge on any atom is 0.277 e. The van der Waals surface area contributed by atoms with E-state index in [1.165, 1.54) is 18.8 Å². The number of amides is 1. The zero-order valence-electron chi connectivity index (χ0n) is 17.9. The van der Waals surface area contributed by atoms with Crippen LogP contribution < -0.4 is 25.5 Å². The summed E-state index contributed by atoms with van der Waals surface area (Å²) >= 11 is 0.797. The van der Waals surface area contributed by atoms with Gasteiger partial charge in [0, 0.05) is 13.1 Å². The highest BCUT2D eigenvalue weighted by Crippen LogP contribution is 2.30. The van der Waals surface area contributed by atoms with Gasteiger partial charge in [0.25, 0.3) is 10.8 Å². The first-order valence-corrected chi connectivity index (χ1v) is 10.5. The zero-order valence-corrected chi connectivity index (χ0v) is 18.7. The highest BCUT2D eigenvalue weighted by molar-refractivity contribution is 8.14. The molecular weight excluding hydrogens is 434 g/mol. The number of benzene rings is 2. The van der Waals surface area contributed by atoms with Crippen molar-refractivity contribution in [2.45, 2.75) is 18.3 Å².